The van der Waals surface area contributed by atoms with Crippen LogP contribution in [0.4, 0.5) is 11.4 Å². The number of rotatable bonds is 4. The van der Waals surface area contributed by atoms with E-state index in [1.54, 1.807) is 12.1 Å². The third kappa shape index (κ3) is 2.80. The Morgan fingerprint density at radius 1 is 1.18 bits per heavy atom. The highest BCUT2D eigenvalue weighted by atomic mass is 16.6. The lowest BCUT2D eigenvalue weighted by Gasteiger charge is -2.01. The highest BCUT2D eigenvalue weighted by molar-refractivity contribution is 6.00. The summed E-state index contributed by atoms with van der Waals surface area (Å²) in [6.45, 7) is 1.81. The lowest BCUT2D eigenvalue weighted by molar-refractivity contribution is -0.384. The van der Waals surface area contributed by atoms with Gasteiger partial charge in [-0.1, -0.05) is 24.3 Å². The van der Waals surface area contributed by atoms with E-state index in [0.29, 0.717) is 17.2 Å². The Balaban J connectivity index is 1.82. The maximum Gasteiger partial charge on any atom is 0.271 e. The van der Waals surface area contributed by atoms with Gasteiger partial charge in [0.25, 0.3) is 5.69 Å². The molecule has 0 saturated carbocycles. The van der Waals surface area contributed by atoms with Crippen LogP contribution >= 0.6 is 0 Å². The van der Waals surface area contributed by atoms with E-state index in [4.69, 9.17) is 4.42 Å². The van der Waals surface area contributed by atoms with Gasteiger partial charge >= 0.3 is 0 Å². The summed E-state index contributed by atoms with van der Waals surface area (Å²) in [6, 6.07) is 15.8. The van der Waals surface area contributed by atoms with Crippen LogP contribution in [0.15, 0.2) is 64.1 Å². The lowest BCUT2D eigenvalue weighted by atomic mass is 10.2. The standard InChI is InChI=1S/C16H13N3O3/c1-11(16-9-12-5-2-3-8-15(12)22-16)17-18-13-6-4-7-14(10-13)19(20)21/h2-10,18H,1H3/b17-11+. The van der Waals surface area contributed by atoms with Crippen molar-refractivity contribution in [1.82, 2.24) is 0 Å². The van der Waals surface area contributed by atoms with Gasteiger partial charge in [0.15, 0.2) is 5.76 Å². The Labute approximate surface area is 126 Å². The molecular formula is C16H13N3O3. The number of nitro groups is 1. The monoisotopic (exact) mass is 295 g/mol. The Hall–Kier alpha value is -3.15. The van der Waals surface area contributed by atoms with Crippen LogP contribution in [0.2, 0.25) is 0 Å². The normalized spacial score (nSPS) is 11.6. The fourth-order valence-electron chi connectivity index (χ4n) is 2.05. The first-order valence-corrected chi connectivity index (χ1v) is 6.67. The van der Waals surface area contributed by atoms with Crippen molar-refractivity contribution in [2.24, 2.45) is 5.10 Å². The van der Waals surface area contributed by atoms with E-state index in [1.807, 2.05) is 37.3 Å². The van der Waals surface area contributed by atoms with Gasteiger partial charge < -0.3 is 4.42 Å². The average molecular weight is 295 g/mol. The van der Waals surface area contributed by atoms with E-state index in [-0.39, 0.29) is 5.69 Å². The number of para-hydroxylation sites is 1. The quantitative estimate of drug-likeness (QED) is 0.445. The van der Waals surface area contributed by atoms with Crippen molar-refractivity contribution >= 4 is 28.1 Å². The summed E-state index contributed by atoms with van der Waals surface area (Å²) < 4.78 is 5.70. The fourth-order valence-corrected chi connectivity index (χ4v) is 2.05. The predicted molar refractivity (Wildman–Crippen MR) is 85.1 cm³/mol. The summed E-state index contributed by atoms with van der Waals surface area (Å²) in [5.41, 5.74) is 4.82. The Morgan fingerprint density at radius 2 is 2.00 bits per heavy atom. The van der Waals surface area contributed by atoms with Crippen LogP contribution in [0.1, 0.15) is 12.7 Å². The molecule has 1 aromatic heterocycles. The largest absolute Gasteiger partial charge is 0.455 e. The van der Waals surface area contributed by atoms with Crippen molar-refractivity contribution in [2.75, 3.05) is 5.43 Å². The molecule has 1 N–H and O–H groups in total. The number of nitrogens with one attached hydrogen (secondary N) is 1. The zero-order chi connectivity index (χ0) is 15.5. The Kier molecular flexibility index (Phi) is 3.57. The van der Waals surface area contributed by atoms with Gasteiger partial charge in [0, 0.05) is 17.5 Å². The fraction of sp³-hybridized carbons (Fsp3) is 0.0625. The minimum atomic E-state index is -0.443. The van der Waals surface area contributed by atoms with Crippen molar-refractivity contribution < 1.29 is 9.34 Å². The SMILES string of the molecule is C/C(=N\Nc1cccc([N+](=O)[O-])c1)c1cc2ccccc2o1. The number of hydrazone groups is 1. The summed E-state index contributed by atoms with van der Waals surface area (Å²) >= 11 is 0. The molecular weight excluding hydrogens is 282 g/mol. The molecule has 0 radical (unpaired) electrons. The number of furan rings is 1. The smallest absolute Gasteiger partial charge is 0.271 e. The van der Waals surface area contributed by atoms with Crippen LogP contribution in [-0.2, 0) is 0 Å². The van der Waals surface area contributed by atoms with E-state index in [0.717, 1.165) is 11.0 Å². The first-order chi connectivity index (χ1) is 10.6. The van der Waals surface area contributed by atoms with Gasteiger partial charge in [-0.15, -0.1) is 0 Å². The molecule has 0 aliphatic carbocycles. The molecule has 1 heterocycles. The third-order valence-electron chi connectivity index (χ3n) is 3.19. The number of benzene rings is 2. The second kappa shape index (κ2) is 5.69. The molecule has 6 heteroatoms. The molecule has 0 amide bonds. The Bertz CT molecular complexity index is 835. The summed E-state index contributed by atoms with van der Waals surface area (Å²) in [5, 5.41) is 16.0. The molecule has 3 rings (SSSR count). The number of nitro benzene ring substituents is 1. The molecule has 22 heavy (non-hydrogen) atoms. The average Bonchev–Trinajstić information content (AvgIpc) is 2.97. The molecule has 0 spiro atoms. The number of nitrogens with zero attached hydrogens (tertiary/aromatic N) is 2. The molecule has 0 bridgehead atoms. The maximum absolute atomic E-state index is 10.7. The molecule has 6 nitrogen and oxygen atoms in total. The van der Waals surface area contributed by atoms with Crippen LogP contribution < -0.4 is 5.43 Å². The summed E-state index contributed by atoms with van der Waals surface area (Å²) in [5.74, 6) is 0.652. The summed E-state index contributed by atoms with van der Waals surface area (Å²) in [4.78, 5) is 10.3. The van der Waals surface area contributed by atoms with Crippen molar-refractivity contribution in [3.05, 3.63) is 70.5 Å². The van der Waals surface area contributed by atoms with Crippen molar-refractivity contribution in [2.45, 2.75) is 6.92 Å². The summed E-state index contributed by atoms with van der Waals surface area (Å²) in [6.07, 6.45) is 0. The number of fused-ring (bicyclic) bond motifs is 1. The van der Waals surface area contributed by atoms with Crippen LogP contribution in [0.25, 0.3) is 11.0 Å². The summed E-state index contributed by atoms with van der Waals surface area (Å²) in [7, 11) is 0. The minimum absolute atomic E-state index is 0.0154. The van der Waals surface area contributed by atoms with E-state index in [1.165, 1.54) is 12.1 Å². The van der Waals surface area contributed by atoms with Gasteiger partial charge in [-0.25, -0.2) is 0 Å². The molecule has 0 atom stereocenters. The topological polar surface area (TPSA) is 80.7 Å². The van der Waals surface area contributed by atoms with Crippen molar-refractivity contribution in [3.8, 4) is 0 Å². The lowest BCUT2D eigenvalue weighted by Crippen LogP contribution is -1.98. The van der Waals surface area contributed by atoms with Gasteiger partial charge in [-0.3, -0.25) is 15.5 Å². The predicted octanol–water partition coefficient (Wildman–Crippen LogP) is 4.18. The molecule has 2 aromatic carbocycles. The molecule has 0 aliphatic heterocycles. The number of hydrogen-bond donors (Lipinski definition) is 1. The minimum Gasteiger partial charge on any atom is -0.455 e. The number of hydrogen-bond acceptors (Lipinski definition) is 5. The molecule has 0 saturated heterocycles. The molecule has 0 fully saturated rings. The van der Waals surface area contributed by atoms with Crippen LogP contribution in [0.5, 0.6) is 0 Å². The Morgan fingerprint density at radius 3 is 2.77 bits per heavy atom. The van der Waals surface area contributed by atoms with Gasteiger partial charge in [0.1, 0.15) is 11.3 Å². The zero-order valence-corrected chi connectivity index (χ0v) is 11.8. The van der Waals surface area contributed by atoms with Crippen molar-refractivity contribution in [3.63, 3.8) is 0 Å². The van der Waals surface area contributed by atoms with Crippen LogP contribution in [-0.4, -0.2) is 10.6 Å². The van der Waals surface area contributed by atoms with Gasteiger partial charge in [-0.05, 0) is 25.1 Å². The van der Waals surface area contributed by atoms with Crippen LogP contribution in [0.3, 0.4) is 0 Å². The van der Waals surface area contributed by atoms with Crippen molar-refractivity contribution in [1.29, 1.82) is 0 Å². The second-order valence-corrected chi connectivity index (χ2v) is 4.76. The maximum atomic E-state index is 10.7. The number of non-ortho nitro benzene ring substituents is 1. The molecule has 3 aromatic rings. The van der Waals surface area contributed by atoms with Gasteiger partial charge in [0.2, 0.25) is 0 Å². The first kappa shape index (κ1) is 13.8. The third-order valence-corrected chi connectivity index (χ3v) is 3.19. The van der Waals surface area contributed by atoms with Gasteiger partial charge in [0.05, 0.1) is 10.6 Å². The van der Waals surface area contributed by atoms with Gasteiger partial charge in [-0.2, -0.15) is 5.10 Å². The molecule has 110 valence electrons. The van der Waals surface area contributed by atoms with E-state index in [9.17, 15) is 10.1 Å². The molecule has 0 unspecified atom stereocenters. The zero-order valence-electron chi connectivity index (χ0n) is 11.8. The number of anilines is 1. The molecule has 0 aliphatic rings. The van der Waals surface area contributed by atoms with Crippen LogP contribution in [0, 0.1) is 10.1 Å². The van der Waals surface area contributed by atoms with E-state index < -0.39 is 4.92 Å². The van der Waals surface area contributed by atoms with E-state index >= 15 is 0 Å². The van der Waals surface area contributed by atoms with E-state index in [2.05, 4.69) is 10.5 Å². The highest BCUT2D eigenvalue weighted by Gasteiger charge is 2.07. The first-order valence-electron chi connectivity index (χ1n) is 6.67. The second-order valence-electron chi connectivity index (χ2n) is 4.76. The highest BCUT2D eigenvalue weighted by Crippen LogP contribution is 2.20.